The third kappa shape index (κ3) is 8.11. The zero-order chi connectivity index (χ0) is 31.1. The van der Waals surface area contributed by atoms with Gasteiger partial charge in [-0.2, -0.15) is 0 Å². The Kier molecular flexibility index (Phi) is 11.2. The fourth-order valence-electron chi connectivity index (χ4n) is 5.49. The molecule has 1 N–H and O–H groups in total. The number of hydrogen-bond donors (Lipinski definition) is 1. The molecule has 0 heterocycles. The van der Waals surface area contributed by atoms with Crippen molar-refractivity contribution in [2.75, 3.05) is 10.8 Å². The number of anilines is 1. The number of nitrogens with one attached hydrogen (secondary N) is 1. The first-order valence-electron chi connectivity index (χ1n) is 14.7. The molecule has 3 aromatic rings. The molecule has 7 nitrogen and oxygen atoms in total. The van der Waals surface area contributed by atoms with Crippen LogP contribution in [0.15, 0.2) is 71.6 Å². The molecule has 0 spiro atoms. The van der Waals surface area contributed by atoms with Crippen molar-refractivity contribution in [2.45, 2.75) is 82.8 Å². The molecule has 0 saturated heterocycles. The number of nitrogens with zero attached hydrogens (tertiary/aromatic N) is 2. The van der Waals surface area contributed by atoms with E-state index in [0.29, 0.717) is 33.3 Å². The summed E-state index contributed by atoms with van der Waals surface area (Å²) in [6.07, 6.45) is 5.40. The Hall–Kier alpha value is -3.07. The third-order valence-electron chi connectivity index (χ3n) is 7.95. The number of benzene rings is 3. The summed E-state index contributed by atoms with van der Waals surface area (Å²) in [5.74, 6) is -0.748. The Bertz CT molecular complexity index is 1540. The predicted octanol–water partition coefficient (Wildman–Crippen LogP) is 7.06. The van der Waals surface area contributed by atoms with Crippen molar-refractivity contribution in [1.29, 1.82) is 0 Å². The monoisotopic (exact) mass is 643 g/mol. The van der Waals surface area contributed by atoms with Crippen LogP contribution in [-0.4, -0.2) is 43.8 Å². The molecule has 0 aliphatic heterocycles. The van der Waals surface area contributed by atoms with E-state index in [-0.39, 0.29) is 23.4 Å². The quantitative estimate of drug-likeness (QED) is 0.242. The van der Waals surface area contributed by atoms with Crippen LogP contribution in [0.25, 0.3) is 0 Å². The smallest absolute Gasteiger partial charge is 0.264 e. The highest BCUT2D eigenvalue weighted by Gasteiger charge is 2.35. The Morgan fingerprint density at radius 1 is 0.930 bits per heavy atom. The van der Waals surface area contributed by atoms with Gasteiger partial charge in [0, 0.05) is 12.6 Å². The van der Waals surface area contributed by atoms with Gasteiger partial charge in [-0.25, -0.2) is 8.42 Å². The van der Waals surface area contributed by atoms with Crippen molar-refractivity contribution < 1.29 is 18.0 Å². The van der Waals surface area contributed by atoms with Gasteiger partial charge in [0.05, 0.1) is 20.6 Å². The molecule has 1 saturated carbocycles. The molecule has 0 aromatic heterocycles. The number of amides is 2. The van der Waals surface area contributed by atoms with Crippen LogP contribution in [0.2, 0.25) is 10.0 Å². The number of aryl methyl sites for hydroxylation is 2. The first kappa shape index (κ1) is 32.8. The van der Waals surface area contributed by atoms with E-state index in [4.69, 9.17) is 23.2 Å². The number of hydrogen-bond acceptors (Lipinski definition) is 4. The standard InChI is InChI=1S/C33H39Cl2N3O4S/c1-4-30(33(40)36-26-11-6-5-7-12-26)37(21-25-16-19-28(34)29(35)20-25)32(39)22-38(31-13-9-8-10-24(31)3)43(41,42)27-17-14-23(2)15-18-27/h8-10,13-20,26,30H,4-7,11-12,21-22H2,1-3H3,(H,36,40). The lowest BCUT2D eigenvalue weighted by Gasteiger charge is -2.34. The summed E-state index contributed by atoms with van der Waals surface area (Å²) >= 11 is 12.4. The molecule has 0 radical (unpaired) electrons. The van der Waals surface area contributed by atoms with Crippen molar-refractivity contribution >= 4 is 50.7 Å². The first-order valence-corrected chi connectivity index (χ1v) is 16.9. The van der Waals surface area contributed by atoms with E-state index in [1.807, 2.05) is 19.9 Å². The van der Waals surface area contributed by atoms with Crippen molar-refractivity contribution in [3.63, 3.8) is 0 Å². The lowest BCUT2D eigenvalue weighted by Crippen LogP contribution is -2.54. The van der Waals surface area contributed by atoms with Crippen molar-refractivity contribution in [3.8, 4) is 0 Å². The number of carbonyl (C=O) groups excluding carboxylic acids is 2. The topological polar surface area (TPSA) is 86.8 Å². The zero-order valence-corrected chi connectivity index (χ0v) is 27.2. The molecule has 1 unspecified atom stereocenters. The minimum Gasteiger partial charge on any atom is -0.352 e. The second-order valence-corrected chi connectivity index (χ2v) is 13.8. The average molecular weight is 645 g/mol. The van der Waals surface area contributed by atoms with Crippen LogP contribution in [0.5, 0.6) is 0 Å². The third-order valence-corrected chi connectivity index (χ3v) is 10.5. The fraction of sp³-hybridized carbons (Fsp3) is 0.394. The molecule has 230 valence electrons. The molecular formula is C33H39Cl2N3O4S. The van der Waals surface area contributed by atoms with Gasteiger partial charge >= 0.3 is 0 Å². The molecule has 43 heavy (non-hydrogen) atoms. The van der Waals surface area contributed by atoms with Crippen LogP contribution in [0.1, 0.15) is 62.1 Å². The molecule has 3 aromatic carbocycles. The maximum atomic E-state index is 14.3. The minimum absolute atomic E-state index is 0.0541. The van der Waals surface area contributed by atoms with Gasteiger partial charge < -0.3 is 10.2 Å². The number of rotatable bonds is 11. The second-order valence-electron chi connectivity index (χ2n) is 11.1. The summed E-state index contributed by atoms with van der Waals surface area (Å²) in [6.45, 7) is 5.09. The lowest BCUT2D eigenvalue weighted by molar-refractivity contribution is -0.140. The highest BCUT2D eigenvalue weighted by Crippen LogP contribution is 2.29. The van der Waals surface area contributed by atoms with Gasteiger partial charge in [-0.3, -0.25) is 13.9 Å². The summed E-state index contributed by atoms with van der Waals surface area (Å²) in [5, 5.41) is 3.86. The lowest BCUT2D eigenvalue weighted by atomic mass is 9.95. The van der Waals surface area contributed by atoms with Crippen LogP contribution < -0.4 is 9.62 Å². The first-order chi connectivity index (χ1) is 20.5. The fourth-order valence-corrected chi connectivity index (χ4v) is 7.29. The maximum absolute atomic E-state index is 14.3. The van der Waals surface area contributed by atoms with Gasteiger partial charge in [0.1, 0.15) is 12.6 Å². The van der Waals surface area contributed by atoms with Gasteiger partial charge in [-0.1, -0.05) is 91.3 Å². The van der Waals surface area contributed by atoms with E-state index in [1.54, 1.807) is 67.6 Å². The van der Waals surface area contributed by atoms with Gasteiger partial charge in [0.2, 0.25) is 11.8 Å². The molecule has 4 rings (SSSR count). The van der Waals surface area contributed by atoms with Crippen LogP contribution in [0.4, 0.5) is 5.69 Å². The number of carbonyl (C=O) groups is 2. The van der Waals surface area contributed by atoms with Crippen molar-refractivity contribution in [3.05, 3.63) is 93.5 Å². The SMILES string of the molecule is CCC(C(=O)NC1CCCCC1)N(Cc1ccc(Cl)c(Cl)c1)C(=O)CN(c1ccccc1C)S(=O)(=O)c1ccc(C)cc1. The van der Waals surface area contributed by atoms with E-state index >= 15 is 0 Å². The molecule has 1 aliphatic carbocycles. The normalized spacial score (nSPS) is 14.6. The van der Waals surface area contributed by atoms with Crippen LogP contribution >= 0.6 is 23.2 Å². The van der Waals surface area contributed by atoms with Crippen LogP contribution in [0, 0.1) is 13.8 Å². The molecule has 2 amide bonds. The average Bonchev–Trinajstić information content (AvgIpc) is 2.98. The number of sulfonamides is 1. The molecule has 1 fully saturated rings. The summed E-state index contributed by atoms with van der Waals surface area (Å²) < 4.78 is 29.3. The van der Waals surface area contributed by atoms with Crippen LogP contribution in [-0.2, 0) is 26.2 Å². The Labute approximate surface area is 265 Å². The van der Waals surface area contributed by atoms with Crippen molar-refractivity contribution in [1.82, 2.24) is 10.2 Å². The summed E-state index contributed by atoms with van der Waals surface area (Å²) in [7, 11) is -4.14. The number of halogens is 2. The van der Waals surface area contributed by atoms with E-state index in [9.17, 15) is 18.0 Å². The van der Waals surface area contributed by atoms with E-state index < -0.39 is 28.5 Å². The summed E-state index contributed by atoms with van der Waals surface area (Å²) in [4.78, 5) is 29.5. The molecule has 10 heteroatoms. The maximum Gasteiger partial charge on any atom is 0.264 e. The molecule has 0 bridgehead atoms. The van der Waals surface area contributed by atoms with Crippen LogP contribution in [0.3, 0.4) is 0 Å². The highest BCUT2D eigenvalue weighted by molar-refractivity contribution is 7.92. The minimum atomic E-state index is -4.14. The predicted molar refractivity (Wildman–Crippen MR) is 173 cm³/mol. The Balaban J connectivity index is 1.73. The van der Waals surface area contributed by atoms with E-state index in [0.717, 1.165) is 42.0 Å². The van der Waals surface area contributed by atoms with E-state index in [2.05, 4.69) is 5.32 Å². The second kappa shape index (κ2) is 14.6. The molecule has 1 atom stereocenters. The van der Waals surface area contributed by atoms with Gasteiger partial charge in [0.15, 0.2) is 0 Å². The van der Waals surface area contributed by atoms with Gasteiger partial charge in [0.25, 0.3) is 10.0 Å². The van der Waals surface area contributed by atoms with E-state index in [1.165, 1.54) is 4.90 Å². The van der Waals surface area contributed by atoms with Gasteiger partial charge in [-0.15, -0.1) is 0 Å². The summed E-state index contributed by atoms with van der Waals surface area (Å²) in [6, 6.07) is 17.9. The Morgan fingerprint density at radius 3 is 2.23 bits per heavy atom. The van der Waals surface area contributed by atoms with Crippen molar-refractivity contribution in [2.24, 2.45) is 0 Å². The number of para-hydroxylation sites is 1. The Morgan fingerprint density at radius 2 is 1.60 bits per heavy atom. The largest absolute Gasteiger partial charge is 0.352 e. The molecule has 1 aliphatic rings. The van der Waals surface area contributed by atoms with Gasteiger partial charge in [-0.05, 0) is 74.6 Å². The highest BCUT2D eigenvalue weighted by atomic mass is 35.5. The molecular weight excluding hydrogens is 605 g/mol. The zero-order valence-electron chi connectivity index (χ0n) is 24.9. The summed E-state index contributed by atoms with van der Waals surface area (Å²) in [5.41, 5.74) is 2.69.